The van der Waals surface area contributed by atoms with Gasteiger partial charge in [-0.1, -0.05) is 78.9 Å². The molecule has 0 spiro atoms. The molecule has 0 radical (unpaired) electrons. The second kappa shape index (κ2) is 5.64. The first-order valence-corrected chi connectivity index (χ1v) is 8.56. The monoisotopic (exact) mass is 319 g/mol. The summed E-state index contributed by atoms with van der Waals surface area (Å²) in [6.07, 6.45) is 2.15. The van der Waals surface area contributed by atoms with E-state index in [9.17, 15) is 0 Å². The third kappa shape index (κ3) is 2.17. The Morgan fingerprint density at radius 1 is 0.440 bits per heavy atom. The number of rotatable bonds is 2. The van der Waals surface area contributed by atoms with Gasteiger partial charge in [0, 0.05) is 22.7 Å². The molecule has 0 N–H and O–H groups in total. The molecule has 0 bridgehead atoms. The predicted molar refractivity (Wildman–Crippen MR) is 106 cm³/mol. The Morgan fingerprint density at radius 3 is 1.72 bits per heavy atom. The predicted octanol–water partition coefficient (Wildman–Crippen LogP) is 6.43. The van der Waals surface area contributed by atoms with E-state index >= 15 is 0 Å². The minimum atomic E-state index is 1.24. The van der Waals surface area contributed by atoms with Crippen LogP contribution in [0.3, 0.4) is 0 Å². The molecule has 0 fully saturated rings. The van der Waals surface area contributed by atoms with Gasteiger partial charge in [0.2, 0.25) is 0 Å². The molecule has 0 aliphatic heterocycles. The Morgan fingerprint density at radius 2 is 1.00 bits per heavy atom. The molecule has 1 heteroatoms. The van der Waals surface area contributed by atoms with Gasteiger partial charge in [0.05, 0.1) is 11.0 Å². The van der Waals surface area contributed by atoms with Crippen molar-refractivity contribution in [3.05, 3.63) is 103 Å². The Bertz CT molecular complexity index is 1170. The maximum absolute atomic E-state index is 2.30. The van der Waals surface area contributed by atoms with Crippen molar-refractivity contribution < 1.29 is 0 Å². The molecular formula is C24H17N. The van der Waals surface area contributed by atoms with Crippen molar-refractivity contribution in [1.29, 1.82) is 0 Å². The van der Waals surface area contributed by atoms with Gasteiger partial charge in [-0.15, -0.1) is 0 Å². The summed E-state index contributed by atoms with van der Waals surface area (Å²) in [7, 11) is 0. The van der Waals surface area contributed by atoms with Gasteiger partial charge < -0.3 is 4.40 Å². The van der Waals surface area contributed by atoms with Crippen LogP contribution < -0.4 is 0 Å². The summed E-state index contributed by atoms with van der Waals surface area (Å²) in [6, 6.07) is 34.4. The number of aromatic nitrogens is 1. The second-order valence-corrected chi connectivity index (χ2v) is 6.26. The Hall–Kier alpha value is -3.32. The molecule has 2 aromatic heterocycles. The maximum Gasteiger partial charge on any atom is 0.0541 e. The summed E-state index contributed by atoms with van der Waals surface area (Å²) in [6.45, 7) is 0. The Labute approximate surface area is 146 Å². The standard InChI is InChI=1S/C24H17N/c1-3-10-18(11-4-1)23-20-14-7-8-15-21(20)25-17-9-16-22(25)24(23)19-12-5-2-6-13-19/h1-17H. The third-order valence-electron chi connectivity index (χ3n) is 4.81. The first-order valence-electron chi connectivity index (χ1n) is 8.56. The largest absolute Gasteiger partial charge is 0.316 e. The summed E-state index contributed by atoms with van der Waals surface area (Å²) < 4.78 is 2.30. The fourth-order valence-electron chi connectivity index (χ4n) is 3.75. The summed E-state index contributed by atoms with van der Waals surface area (Å²) in [4.78, 5) is 0. The third-order valence-corrected chi connectivity index (χ3v) is 4.81. The fraction of sp³-hybridized carbons (Fsp3) is 0. The SMILES string of the molecule is c1ccc(-c2c(-c3ccccc3)c3cccn3c3ccccc23)cc1. The molecule has 3 aromatic carbocycles. The number of nitrogens with zero attached hydrogens (tertiary/aromatic N) is 1. The van der Waals surface area contributed by atoms with Crippen molar-refractivity contribution in [2.24, 2.45) is 0 Å². The van der Waals surface area contributed by atoms with Crippen LogP contribution in [0.2, 0.25) is 0 Å². The van der Waals surface area contributed by atoms with Gasteiger partial charge in [-0.05, 0) is 29.3 Å². The van der Waals surface area contributed by atoms with E-state index in [4.69, 9.17) is 0 Å². The molecule has 5 aromatic rings. The highest BCUT2D eigenvalue weighted by molar-refractivity contribution is 6.08. The first kappa shape index (κ1) is 14.1. The lowest BCUT2D eigenvalue weighted by Gasteiger charge is -2.17. The van der Waals surface area contributed by atoms with E-state index in [1.807, 2.05) is 0 Å². The Kier molecular flexibility index (Phi) is 3.17. The van der Waals surface area contributed by atoms with Crippen LogP contribution in [0.4, 0.5) is 0 Å². The molecule has 25 heavy (non-hydrogen) atoms. The van der Waals surface area contributed by atoms with Crippen LogP contribution in [0.1, 0.15) is 0 Å². The van der Waals surface area contributed by atoms with Crippen LogP contribution in [0.15, 0.2) is 103 Å². The number of para-hydroxylation sites is 1. The van der Waals surface area contributed by atoms with Gasteiger partial charge in [0.1, 0.15) is 0 Å². The lowest BCUT2D eigenvalue weighted by atomic mass is 9.91. The molecule has 2 heterocycles. The summed E-state index contributed by atoms with van der Waals surface area (Å²) in [5, 5.41) is 1.27. The van der Waals surface area contributed by atoms with Gasteiger partial charge >= 0.3 is 0 Å². The van der Waals surface area contributed by atoms with Crippen LogP contribution in [0.25, 0.3) is 38.7 Å². The molecule has 0 saturated heterocycles. The second-order valence-electron chi connectivity index (χ2n) is 6.26. The highest BCUT2D eigenvalue weighted by atomic mass is 14.9. The molecule has 0 saturated carbocycles. The molecule has 0 unspecified atom stereocenters. The summed E-state index contributed by atoms with van der Waals surface area (Å²) in [5.41, 5.74) is 7.56. The van der Waals surface area contributed by atoms with Crippen molar-refractivity contribution in [1.82, 2.24) is 4.40 Å². The summed E-state index contributed by atoms with van der Waals surface area (Å²) >= 11 is 0. The van der Waals surface area contributed by atoms with E-state index in [0.717, 1.165) is 0 Å². The van der Waals surface area contributed by atoms with E-state index in [1.54, 1.807) is 0 Å². The molecule has 0 aliphatic carbocycles. The normalized spacial score (nSPS) is 11.2. The molecule has 0 aliphatic rings. The molecule has 1 nitrogen and oxygen atoms in total. The van der Waals surface area contributed by atoms with Gasteiger partial charge in [0.25, 0.3) is 0 Å². The Balaban J connectivity index is 2.04. The van der Waals surface area contributed by atoms with E-state index in [-0.39, 0.29) is 0 Å². The zero-order valence-electron chi connectivity index (χ0n) is 13.8. The van der Waals surface area contributed by atoms with Crippen molar-refractivity contribution in [3.8, 4) is 22.3 Å². The maximum atomic E-state index is 2.30. The van der Waals surface area contributed by atoms with E-state index in [2.05, 4.69) is 108 Å². The first-order chi connectivity index (χ1) is 12.4. The number of benzene rings is 3. The minimum absolute atomic E-state index is 1.24. The number of hydrogen-bond acceptors (Lipinski definition) is 0. The van der Waals surface area contributed by atoms with E-state index in [1.165, 1.54) is 38.7 Å². The molecular weight excluding hydrogens is 302 g/mol. The molecule has 0 atom stereocenters. The van der Waals surface area contributed by atoms with E-state index < -0.39 is 0 Å². The van der Waals surface area contributed by atoms with Gasteiger partial charge in [0.15, 0.2) is 0 Å². The number of hydrogen-bond donors (Lipinski definition) is 0. The van der Waals surface area contributed by atoms with Gasteiger partial charge in [-0.2, -0.15) is 0 Å². The fourth-order valence-corrected chi connectivity index (χ4v) is 3.75. The quantitative estimate of drug-likeness (QED) is 0.353. The number of fused-ring (bicyclic) bond motifs is 3. The molecule has 5 rings (SSSR count). The average molecular weight is 319 g/mol. The smallest absolute Gasteiger partial charge is 0.0541 e. The summed E-state index contributed by atoms with van der Waals surface area (Å²) in [5.74, 6) is 0. The van der Waals surface area contributed by atoms with Gasteiger partial charge in [-0.3, -0.25) is 0 Å². The van der Waals surface area contributed by atoms with E-state index in [0.29, 0.717) is 0 Å². The van der Waals surface area contributed by atoms with Crippen molar-refractivity contribution in [2.75, 3.05) is 0 Å². The van der Waals surface area contributed by atoms with Crippen LogP contribution in [-0.2, 0) is 0 Å². The van der Waals surface area contributed by atoms with Crippen molar-refractivity contribution in [2.45, 2.75) is 0 Å². The minimum Gasteiger partial charge on any atom is -0.316 e. The van der Waals surface area contributed by atoms with Crippen LogP contribution >= 0.6 is 0 Å². The lowest BCUT2D eigenvalue weighted by molar-refractivity contribution is 1.27. The lowest BCUT2D eigenvalue weighted by Crippen LogP contribution is -1.95. The number of pyridine rings is 1. The zero-order valence-corrected chi connectivity index (χ0v) is 13.8. The van der Waals surface area contributed by atoms with Crippen molar-refractivity contribution >= 4 is 16.4 Å². The molecule has 118 valence electrons. The highest BCUT2D eigenvalue weighted by Gasteiger charge is 2.16. The topological polar surface area (TPSA) is 4.41 Å². The molecule has 0 amide bonds. The van der Waals surface area contributed by atoms with Gasteiger partial charge in [-0.25, -0.2) is 0 Å². The van der Waals surface area contributed by atoms with Crippen molar-refractivity contribution in [3.63, 3.8) is 0 Å². The van der Waals surface area contributed by atoms with Crippen LogP contribution in [-0.4, -0.2) is 4.40 Å². The van der Waals surface area contributed by atoms with Crippen LogP contribution in [0, 0.1) is 0 Å². The average Bonchev–Trinajstić information content (AvgIpc) is 3.18. The zero-order chi connectivity index (χ0) is 16.6. The van der Waals surface area contributed by atoms with Crippen LogP contribution in [0.5, 0.6) is 0 Å². The highest BCUT2D eigenvalue weighted by Crippen LogP contribution is 2.41.